The molecule has 1 saturated heterocycles. The second-order valence-electron chi connectivity index (χ2n) is 15.2. The average molecular weight is 816 g/mol. The van der Waals surface area contributed by atoms with Crippen LogP contribution in [0.4, 0.5) is 0 Å². The molecule has 58 heavy (non-hydrogen) atoms. The van der Waals surface area contributed by atoms with Gasteiger partial charge in [0.25, 0.3) is 35.4 Å². The maximum atomic E-state index is 12.2. The monoisotopic (exact) mass is 815 g/mol. The van der Waals surface area contributed by atoms with Crippen LogP contribution in [-0.4, -0.2) is 111 Å². The summed E-state index contributed by atoms with van der Waals surface area (Å²) in [7, 11) is 0. The lowest BCUT2D eigenvalue weighted by atomic mass is 9.81. The minimum atomic E-state index is -0.783. The maximum Gasteiger partial charge on any atom is 0.336 e. The number of nitrogens with one attached hydrogen (secondary N) is 1. The van der Waals surface area contributed by atoms with E-state index in [1.165, 1.54) is 34.1 Å². The normalized spacial score (nSPS) is 22.7. The lowest BCUT2D eigenvalue weighted by Crippen LogP contribution is -2.38. The van der Waals surface area contributed by atoms with Gasteiger partial charge in [-0.2, -0.15) is 0 Å². The van der Waals surface area contributed by atoms with Crippen molar-refractivity contribution >= 4 is 59.3 Å². The van der Waals surface area contributed by atoms with Crippen LogP contribution >= 0.6 is 0 Å². The Bertz CT molecular complexity index is 1530. The number of aliphatic carboxylic acids is 2. The van der Waals surface area contributed by atoms with Crippen LogP contribution in [0.15, 0.2) is 24.3 Å². The molecular formula is C40H57N5O13. The molecule has 18 heteroatoms. The predicted octanol–water partition coefficient (Wildman–Crippen LogP) is 2.39. The number of hydrogen-bond donors (Lipinski definition) is 4. The van der Waals surface area contributed by atoms with Crippen molar-refractivity contribution in [1.29, 1.82) is 0 Å². The first-order chi connectivity index (χ1) is 27.7. The standard InChI is InChI=1S/C18H26N2O5.C16H18N2O6.C6H13NO2/c21-15-9-10-16(22)20(15)12-13-5-7-14(8-6-13)18(25)19-11-3-1-2-4-17(23)24;19-12-5-6-13(20)17(12)9-10-1-3-11(4-2-10)16(23)24-18-14(21)7-8-15(18)22;7-5-3-1-2-4-6(8)9/h9-10,13-14H,1-8,11-12H2,(H,19,25)(H,23,24);5-6,10-11H,1-4,7-9H2;1-5,7H2,(H,8,9). The third-order valence-corrected chi connectivity index (χ3v) is 10.7. The molecule has 5 aliphatic rings. The van der Waals surface area contributed by atoms with E-state index in [1.807, 2.05) is 0 Å². The van der Waals surface area contributed by atoms with Gasteiger partial charge in [-0.25, -0.2) is 4.79 Å². The Kier molecular flexibility index (Phi) is 19.9. The number of rotatable bonds is 18. The van der Waals surface area contributed by atoms with E-state index in [1.54, 1.807) is 0 Å². The summed E-state index contributed by atoms with van der Waals surface area (Å²) in [5.41, 5.74) is 5.20. The van der Waals surface area contributed by atoms with Gasteiger partial charge in [0.2, 0.25) is 5.91 Å². The van der Waals surface area contributed by atoms with Crippen molar-refractivity contribution in [2.45, 2.75) is 116 Å². The third kappa shape index (κ3) is 15.9. The molecule has 0 radical (unpaired) electrons. The molecule has 18 nitrogen and oxygen atoms in total. The molecule has 320 valence electrons. The molecule has 0 unspecified atom stereocenters. The van der Waals surface area contributed by atoms with Crippen LogP contribution in [0.1, 0.15) is 116 Å². The Morgan fingerprint density at radius 1 is 0.603 bits per heavy atom. The van der Waals surface area contributed by atoms with Crippen molar-refractivity contribution in [3.05, 3.63) is 24.3 Å². The minimum Gasteiger partial charge on any atom is -0.481 e. The summed E-state index contributed by atoms with van der Waals surface area (Å²) in [6.45, 7) is 2.05. The van der Waals surface area contributed by atoms with E-state index in [0.717, 1.165) is 57.8 Å². The number of unbranched alkanes of at least 4 members (excludes halogenated alkanes) is 4. The number of hydrogen-bond acceptors (Lipinski definition) is 12. The summed E-state index contributed by atoms with van der Waals surface area (Å²) in [5, 5.41) is 20.2. The highest BCUT2D eigenvalue weighted by Crippen LogP contribution is 2.32. The molecule has 2 saturated carbocycles. The average Bonchev–Trinajstić information content (AvgIpc) is 3.82. The van der Waals surface area contributed by atoms with Crippen LogP contribution in [0.2, 0.25) is 0 Å². The van der Waals surface area contributed by atoms with E-state index < -0.39 is 29.7 Å². The van der Waals surface area contributed by atoms with E-state index in [0.29, 0.717) is 63.3 Å². The van der Waals surface area contributed by atoms with Gasteiger partial charge in [-0.1, -0.05) is 12.8 Å². The predicted molar refractivity (Wildman–Crippen MR) is 204 cm³/mol. The second-order valence-corrected chi connectivity index (χ2v) is 15.2. The number of amides is 7. The van der Waals surface area contributed by atoms with Crippen molar-refractivity contribution in [1.82, 2.24) is 20.2 Å². The van der Waals surface area contributed by atoms with Crippen molar-refractivity contribution < 1.29 is 63.0 Å². The van der Waals surface area contributed by atoms with Gasteiger partial charge in [0.05, 0.1) is 5.92 Å². The van der Waals surface area contributed by atoms with E-state index >= 15 is 0 Å². The molecule has 0 aromatic heterocycles. The van der Waals surface area contributed by atoms with E-state index in [4.69, 9.17) is 20.8 Å². The van der Waals surface area contributed by atoms with E-state index in [9.17, 15) is 47.9 Å². The van der Waals surface area contributed by atoms with E-state index in [-0.39, 0.29) is 78.9 Å². The number of nitrogens with two attached hydrogens (primary N) is 1. The summed E-state index contributed by atoms with van der Waals surface area (Å²) >= 11 is 0. The van der Waals surface area contributed by atoms with Gasteiger partial charge in [0, 0.05) is 75.5 Å². The first-order valence-electron chi connectivity index (χ1n) is 20.3. The van der Waals surface area contributed by atoms with Gasteiger partial charge in [-0.3, -0.25) is 53.0 Å². The van der Waals surface area contributed by atoms with Crippen molar-refractivity contribution in [2.75, 3.05) is 26.2 Å². The number of carbonyl (C=O) groups excluding carboxylic acids is 8. The second kappa shape index (κ2) is 24.5. The molecule has 3 aliphatic heterocycles. The molecule has 5 N–H and O–H groups in total. The fraction of sp³-hybridized carbons (Fsp3) is 0.650. The minimum absolute atomic E-state index is 0.00150. The summed E-state index contributed by atoms with van der Waals surface area (Å²) < 4.78 is 0. The van der Waals surface area contributed by atoms with Gasteiger partial charge >= 0.3 is 17.9 Å². The Hall–Kier alpha value is -5.26. The summed E-state index contributed by atoms with van der Waals surface area (Å²) in [6.07, 6.45) is 16.3. The Morgan fingerprint density at radius 2 is 1.02 bits per heavy atom. The lowest BCUT2D eigenvalue weighted by molar-refractivity contribution is -0.201. The molecular weight excluding hydrogens is 758 g/mol. The Morgan fingerprint density at radius 3 is 1.43 bits per heavy atom. The molecule has 3 heterocycles. The molecule has 7 amide bonds. The number of imide groups is 3. The van der Waals surface area contributed by atoms with Crippen LogP contribution in [-0.2, 0) is 52.8 Å². The molecule has 0 spiro atoms. The highest BCUT2D eigenvalue weighted by molar-refractivity contribution is 6.13. The highest BCUT2D eigenvalue weighted by atomic mass is 16.7. The van der Waals surface area contributed by atoms with Crippen LogP contribution in [0, 0.1) is 23.7 Å². The largest absolute Gasteiger partial charge is 0.481 e. The Labute approximate surface area is 337 Å². The Balaban J connectivity index is 0.000000257. The fourth-order valence-corrected chi connectivity index (χ4v) is 7.28. The SMILES string of the molecule is NCCCCCC(=O)O.O=C(O)CCCCCNC(=O)C1CCC(CN2C(=O)C=CC2=O)CC1.O=C(ON1C(=O)CCC1=O)C1CCC(CN2C(=O)C=CC2=O)CC1. The quantitative estimate of drug-likeness (QED) is 0.114. The number of carboxylic acid groups (broad SMARTS) is 2. The number of nitrogens with zero attached hydrogens (tertiary/aromatic N) is 3. The number of hydroxylamine groups is 2. The third-order valence-electron chi connectivity index (χ3n) is 10.7. The smallest absolute Gasteiger partial charge is 0.336 e. The zero-order chi connectivity index (χ0) is 42.6. The number of carbonyl (C=O) groups is 10. The zero-order valence-corrected chi connectivity index (χ0v) is 33.0. The molecule has 0 aromatic carbocycles. The van der Waals surface area contributed by atoms with Crippen LogP contribution in [0.5, 0.6) is 0 Å². The fourth-order valence-electron chi connectivity index (χ4n) is 7.28. The highest BCUT2D eigenvalue weighted by Gasteiger charge is 2.37. The zero-order valence-electron chi connectivity index (χ0n) is 33.0. The van der Waals surface area contributed by atoms with Gasteiger partial charge < -0.3 is 26.1 Å². The van der Waals surface area contributed by atoms with Crippen molar-refractivity contribution in [2.24, 2.45) is 29.4 Å². The summed E-state index contributed by atoms with van der Waals surface area (Å²) in [6, 6.07) is 0. The molecule has 0 aromatic rings. The lowest BCUT2D eigenvalue weighted by Gasteiger charge is -2.30. The first kappa shape index (κ1) is 47.1. The van der Waals surface area contributed by atoms with Crippen LogP contribution in [0.25, 0.3) is 0 Å². The van der Waals surface area contributed by atoms with Gasteiger partial charge in [-0.15, -0.1) is 5.06 Å². The molecule has 2 aliphatic carbocycles. The van der Waals surface area contributed by atoms with Crippen molar-refractivity contribution in [3.8, 4) is 0 Å². The molecule has 0 atom stereocenters. The van der Waals surface area contributed by atoms with E-state index in [2.05, 4.69) is 5.32 Å². The topological polar surface area (TPSA) is 268 Å². The van der Waals surface area contributed by atoms with Crippen LogP contribution < -0.4 is 11.1 Å². The summed E-state index contributed by atoms with van der Waals surface area (Å²) in [4.78, 5) is 121. The summed E-state index contributed by atoms with van der Waals surface area (Å²) in [5.74, 6) is -4.00. The first-order valence-corrected chi connectivity index (χ1v) is 20.3. The maximum absolute atomic E-state index is 12.2. The number of carboxylic acids is 2. The molecule has 0 bridgehead atoms. The van der Waals surface area contributed by atoms with Crippen LogP contribution in [0.3, 0.4) is 0 Å². The molecule has 3 fully saturated rings. The van der Waals surface area contributed by atoms with Gasteiger partial charge in [-0.05, 0) is 95.4 Å². The van der Waals surface area contributed by atoms with Gasteiger partial charge in [0.1, 0.15) is 0 Å². The van der Waals surface area contributed by atoms with Gasteiger partial charge in [0.15, 0.2) is 0 Å². The molecule has 5 rings (SSSR count). The van der Waals surface area contributed by atoms with Crippen molar-refractivity contribution in [3.63, 3.8) is 0 Å².